The number of carbonyl (C=O) groups is 2. The van der Waals surface area contributed by atoms with Crippen molar-refractivity contribution in [2.24, 2.45) is 11.8 Å². The van der Waals surface area contributed by atoms with Gasteiger partial charge in [0.25, 0.3) is 0 Å². The van der Waals surface area contributed by atoms with E-state index in [1.807, 2.05) is 13.8 Å². The van der Waals surface area contributed by atoms with Gasteiger partial charge in [0.05, 0.1) is 7.11 Å². The lowest BCUT2D eigenvalue weighted by atomic mass is 10.0. The molecule has 1 aliphatic rings. The molecule has 1 saturated carbocycles. The number of methoxy groups -OCH3 is 1. The zero-order chi connectivity index (χ0) is 13.5. The van der Waals surface area contributed by atoms with Crippen LogP contribution in [-0.2, 0) is 14.3 Å². The Morgan fingerprint density at radius 3 is 2.39 bits per heavy atom. The van der Waals surface area contributed by atoms with E-state index in [0.717, 1.165) is 6.42 Å². The van der Waals surface area contributed by atoms with E-state index in [4.69, 9.17) is 4.74 Å². The fourth-order valence-corrected chi connectivity index (χ4v) is 2.50. The Bertz CT molecular complexity index is 283. The Labute approximate surface area is 109 Å². The summed E-state index contributed by atoms with van der Waals surface area (Å²) in [5.74, 6) is 0.351. The first-order valence-corrected chi connectivity index (χ1v) is 6.91. The zero-order valence-corrected chi connectivity index (χ0v) is 11.7. The van der Waals surface area contributed by atoms with Gasteiger partial charge in [0.1, 0.15) is 6.04 Å². The minimum absolute atomic E-state index is 0.0361. The first kappa shape index (κ1) is 15.0. The van der Waals surface area contributed by atoms with Gasteiger partial charge in [-0.05, 0) is 18.3 Å². The minimum atomic E-state index is -0.522. The van der Waals surface area contributed by atoms with Gasteiger partial charge in [-0.3, -0.25) is 4.79 Å². The van der Waals surface area contributed by atoms with Crippen molar-refractivity contribution in [1.29, 1.82) is 0 Å². The highest BCUT2D eigenvalue weighted by molar-refractivity contribution is 5.84. The van der Waals surface area contributed by atoms with Gasteiger partial charge in [-0.15, -0.1) is 0 Å². The monoisotopic (exact) mass is 255 g/mol. The average Bonchev–Trinajstić information content (AvgIpc) is 2.85. The lowest BCUT2D eigenvalue weighted by Gasteiger charge is -2.20. The molecule has 1 amide bonds. The molecule has 0 aromatic rings. The predicted molar refractivity (Wildman–Crippen MR) is 70.0 cm³/mol. The highest BCUT2D eigenvalue weighted by Gasteiger charge is 2.25. The Morgan fingerprint density at radius 2 is 1.89 bits per heavy atom. The standard InChI is InChI=1S/C14H25NO3/c1-10(2)13(14(17)18-3)15-12(16)9-8-11-6-4-5-7-11/h10-11,13H,4-9H2,1-3H3,(H,15,16). The predicted octanol–water partition coefficient (Wildman–Crippen LogP) is 2.27. The van der Waals surface area contributed by atoms with Crippen LogP contribution in [0.15, 0.2) is 0 Å². The van der Waals surface area contributed by atoms with Crippen LogP contribution in [0.25, 0.3) is 0 Å². The smallest absolute Gasteiger partial charge is 0.328 e. The van der Waals surface area contributed by atoms with Crippen molar-refractivity contribution in [3.8, 4) is 0 Å². The molecule has 0 aromatic carbocycles. The molecule has 0 spiro atoms. The van der Waals surface area contributed by atoms with Crippen LogP contribution >= 0.6 is 0 Å². The van der Waals surface area contributed by atoms with Crippen LogP contribution in [0.1, 0.15) is 52.4 Å². The Morgan fingerprint density at radius 1 is 1.28 bits per heavy atom. The van der Waals surface area contributed by atoms with E-state index in [9.17, 15) is 9.59 Å². The number of carbonyl (C=O) groups excluding carboxylic acids is 2. The van der Waals surface area contributed by atoms with Crippen LogP contribution in [0.4, 0.5) is 0 Å². The van der Waals surface area contributed by atoms with Gasteiger partial charge < -0.3 is 10.1 Å². The van der Waals surface area contributed by atoms with Gasteiger partial charge in [-0.2, -0.15) is 0 Å². The summed E-state index contributed by atoms with van der Waals surface area (Å²) in [5, 5.41) is 2.78. The van der Waals surface area contributed by atoms with Crippen molar-refractivity contribution < 1.29 is 14.3 Å². The highest BCUT2D eigenvalue weighted by atomic mass is 16.5. The van der Waals surface area contributed by atoms with Crippen molar-refractivity contribution in [3.63, 3.8) is 0 Å². The maximum absolute atomic E-state index is 11.8. The fourth-order valence-electron chi connectivity index (χ4n) is 2.50. The highest BCUT2D eigenvalue weighted by Crippen LogP contribution is 2.28. The number of ether oxygens (including phenoxy) is 1. The molecule has 1 atom stereocenters. The molecule has 1 unspecified atom stereocenters. The van der Waals surface area contributed by atoms with Crippen molar-refractivity contribution >= 4 is 11.9 Å². The molecule has 1 rings (SSSR count). The van der Waals surface area contributed by atoms with E-state index in [-0.39, 0.29) is 17.8 Å². The third-order valence-electron chi connectivity index (χ3n) is 3.69. The third-order valence-corrected chi connectivity index (χ3v) is 3.69. The number of hydrogen-bond acceptors (Lipinski definition) is 3. The van der Waals surface area contributed by atoms with Gasteiger partial charge in [0, 0.05) is 6.42 Å². The number of nitrogens with one attached hydrogen (secondary N) is 1. The van der Waals surface area contributed by atoms with E-state index in [2.05, 4.69) is 5.32 Å². The molecule has 1 N–H and O–H groups in total. The summed E-state index contributed by atoms with van der Waals surface area (Å²) in [6.45, 7) is 3.80. The number of rotatable bonds is 6. The molecule has 0 radical (unpaired) electrons. The van der Waals surface area contributed by atoms with Crippen LogP contribution in [0, 0.1) is 11.8 Å². The Balaban J connectivity index is 2.33. The molecule has 0 aliphatic heterocycles. The van der Waals surface area contributed by atoms with Crippen LogP contribution in [-0.4, -0.2) is 25.0 Å². The molecule has 0 aromatic heterocycles. The molecular weight excluding hydrogens is 230 g/mol. The van der Waals surface area contributed by atoms with Crippen molar-refractivity contribution in [3.05, 3.63) is 0 Å². The van der Waals surface area contributed by atoms with Gasteiger partial charge in [0.15, 0.2) is 0 Å². The molecule has 0 heterocycles. The number of amides is 1. The van der Waals surface area contributed by atoms with Gasteiger partial charge in [0.2, 0.25) is 5.91 Å². The topological polar surface area (TPSA) is 55.4 Å². The van der Waals surface area contributed by atoms with E-state index in [1.54, 1.807) is 0 Å². The molecular formula is C14H25NO3. The zero-order valence-electron chi connectivity index (χ0n) is 11.7. The lowest BCUT2D eigenvalue weighted by Crippen LogP contribution is -2.45. The second kappa shape index (κ2) is 7.39. The average molecular weight is 255 g/mol. The first-order chi connectivity index (χ1) is 8.54. The number of hydrogen-bond donors (Lipinski definition) is 1. The summed E-state index contributed by atoms with van der Waals surface area (Å²) in [7, 11) is 1.35. The van der Waals surface area contributed by atoms with Crippen LogP contribution < -0.4 is 5.32 Å². The van der Waals surface area contributed by atoms with Crippen LogP contribution in [0.3, 0.4) is 0 Å². The SMILES string of the molecule is COC(=O)C(NC(=O)CCC1CCCC1)C(C)C. The molecule has 1 fully saturated rings. The molecule has 1 aliphatic carbocycles. The second-order valence-electron chi connectivity index (χ2n) is 5.50. The van der Waals surface area contributed by atoms with E-state index >= 15 is 0 Å². The molecule has 0 bridgehead atoms. The quantitative estimate of drug-likeness (QED) is 0.741. The summed E-state index contributed by atoms with van der Waals surface area (Å²) < 4.78 is 4.70. The summed E-state index contributed by atoms with van der Waals surface area (Å²) >= 11 is 0. The number of esters is 1. The maximum atomic E-state index is 11.8. The molecule has 0 saturated heterocycles. The Kier molecular flexibility index (Phi) is 6.16. The van der Waals surface area contributed by atoms with E-state index in [0.29, 0.717) is 12.3 Å². The van der Waals surface area contributed by atoms with Crippen molar-refractivity contribution in [1.82, 2.24) is 5.32 Å². The molecule has 4 heteroatoms. The summed E-state index contributed by atoms with van der Waals surface area (Å²) in [6.07, 6.45) is 6.55. The van der Waals surface area contributed by atoms with Crippen molar-refractivity contribution in [2.45, 2.75) is 58.4 Å². The molecule has 4 nitrogen and oxygen atoms in total. The second-order valence-corrected chi connectivity index (χ2v) is 5.50. The molecule has 104 valence electrons. The normalized spacial score (nSPS) is 17.8. The van der Waals surface area contributed by atoms with Crippen molar-refractivity contribution in [2.75, 3.05) is 7.11 Å². The third kappa shape index (κ3) is 4.67. The molecule has 18 heavy (non-hydrogen) atoms. The maximum Gasteiger partial charge on any atom is 0.328 e. The Hall–Kier alpha value is -1.06. The van der Waals surface area contributed by atoms with Gasteiger partial charge >= 0.3 is 5.97 Å². The fraction of sp³-hybridized carbons (Fsp3) is 0.857. The summed E-state index contributed by atoms with van der Waals surface area (Å²) in [4.78, 5) is 23.3. The summed E-state index contributed by atoms with van der Waals surface area (Å²) in [5.41, 5.74) is 0. The van der Waals surface area contributed by atoms with Crippen LogP contribution in [0.5, 0.6) is 0 Å². The van der Waals surface area contributed by atoms with Gasteiger partial charge in [-0.25, -0.2) is 4.79 Å². The van der Waals surface area contributed by atoms with E-state index in [1.165, 1.54) is 32.8 Å². The first-order valence-electron chi connectivity index (χ1n) is 6.91. The van der Waals surface area contributed by atoms with E-state index < -0.39 is 6.04 Å². The lowest BCUT2D eigenvalue weighted by molar-refractivity contribution is -0.146. The van der Waals surface area contributed by atoms with Gasteiger partial charge in [-0.1, -0.05) is 39.5 Å². The van der Waals surface area contributed by atoms with Crippen LogP contribution in [0.2, 0.25) is 0 Å². The largest absolute Gasteiger partial charge is 0.467 e. The summed E-state index contributed by atoms with van der Waals surface area (Å²) in [6, 6.07) is -0.522. The minimum Gasteiger partial charge on any atom is -0.467 e.